The summed E-state index contributed by atoms with van der Waals surface area (Å²) in [4.78, 5) is 2.22. The molecule has 1 aliphatic rings. The Hall–Kier alpha value is -0.120. The minimum absolute atomic E-state index is 0.100. The zero-order valence-corrected chi connectivity index (χ0v) is 6.42. The van der Waals surface area contributed by atoms with Gasteiger partial charge in [0.2, 0.25) is 0 Å². The molecule has 0 aromatic heterocycles. The van der Waals surface area contributed by atoms with Gasteiger partial charge in [-0.1, -0.05) is 0 Å². The maximum atomic E-state index is 9.12. The molecule has 10 heavy (non-hydrogen) atoms. The molecule has 1 saturated heterocycles. The topological polar surface area (TPSA) is 32.7 Å². The fraction of sp³-hybridized carbons (Fsp3) is 1.00. The zero-order valence-electron chi connectivity index (χ0n) is 6.42. The molecule has 0 aromatic rings. The lowest BCUT2D eigenvalue weighted by atomic mass is 10.3. The van der Waals surface area contributed by atoms with Crippen molar-refractivity contribution in [3.8, 4) is 0 Å². The average Bonchev–Trinajstić information content (AvgIpc) is 2.31. The highest BCUT2D eigenvalue weighted by Crippen LogP contribution is 2.07. The van der Waals surface area contributed by atoms with E-state index in [1.807, 2.05) is 0 Å². The van der Waals surface area contributed by atoms with Crippen LogP contribution in [-0.4, -0.2) is 49.5 Å². The molecule has 3 heteroatoms. The van der Waals surface area contributed by atoms with Gasteiger partial charge in [-0.05, 0) is 6.42 Å². The normalized spacial score (nSPS) is 27.6. The van der Waals surface area contributed by atoms with Crippen LogP contribution in [0.1, 0.15) is 6.42 Å². The third-order valence-electron chi connectivity index (χ3n) is 1.86. The van der Waals surface area contributed by atoms with Gasteiger partial charge in [-0.15, -0.1) is 0 Å². The molecule has 0 aliphatic carbocycles. The van der Waals surface area contributed by atoms with E-state index in [4.69, 9.17) is 9.84 Å². The lowest BCUT2D eigenvalue weighted by Gasteiger charge is -2.12. The van der Waals surface area contributed by atoms with E-state index in [0.29, 0.717) is 0 Å². The lowest BCUT2D eigenvalue weighted by molar-refractivity contribution is 0.141. The second-order valence-corrected chi connectivity index (χ2v) is 2.74. The van der Waals surface area contributed by atoms with E-state index in [1.54, 1.807) is 7.11 Å². The summed E-state index contributed by atoms with van der Waals surface area (Å²) < 4.78 is 4.92. The molecule has 0 radical (unpaired) electrons. The Balaban J connectivity index is 2.06. The van der Waals surface area contributed by atoms with Gasteiger partial charge in [0.25, 0.3) is 0 Å². The number of nitrogens with zero attached hydrogens (tertiary/aromatic N) is 1. The van der Waals surface area contributed by atoms with E-state index in [1.165, 1.54) is 0 Å². The van der Waals surface area contributed by atoms with Crippen LogP contribution >= 0.6 is 0 Å². The van der Waals surface area contributed by atoms with Crippen molar-refractivity contribution in [2.24, 2.45) is 0 Å². The standard InChI is InChI=1S/C7H15NO2/c1-10-5-4-8-3-2-7(9)6-8/h7,9H,2-6H2,1H3/t7-/m1/s1. The summed E-state index contributed by atoms with van der Waals surface area (Å²) in [7, 11) is 1.70. The molecule has 1 rings (SSSR count). The van der Waals surface area contributed by atoms with Gasteiger partial charge in [-0.25, -0.2) is 0 Å². The first kappa shape index (κ1) is 7.98. The van der Waals surface area contributed by atoms with Gasteiger partial charge in [0.1, 0.15) is 0 Å². The fourth-order valence-electron chi connectivity index (χ4n) is 1.24. The van der Waals surface area contributed by atoms with Crippen molar-refractivity contribution in [2.45, 2.75) is 12.5 Å². The van der Waals surface area contributed by atoms with Crippen molar-refractivity contribution in [3.05, 3.63) is 0 Å². The Kier molecular flexibility index (Phi) is 3.12. The highest BCUT2D eigenvalue weighted by atomic mass is 16.5. The Bertz CT molecular complexity index is 97.6. The summed E-state index contributed by atoms with van der Waals surface area (Å²) in [5.74, 6) is 0. The molecule has 1 N–H and O–H groups in total. The minimum Gasteiger partial charge on any atom is -0.392 e. The van der Waals surface area contributed by atoms with E-state index in [9.17, 15) is 0 Å². The minimum atomic E-state index is -0.100. The van der Waals surface area contributed by atoms with Gasteiger partial charge in [0.15, 0.2) is 0 Å². The number of methoxy groups -OCH3 is 1. The molecular formula is C7H15NO2. The predicted molar refractivity (Wildman–Crippen MR) is 38.9 cm³/mol. The first-order chi connectivity index (χ1) is 4.83. The van der Waals surface area contributed by atoms with Crippen molar-refractivity contribution in [3.63, 3.8) is 0 Å². The van der Waals surface area contributed by atoms with Gasteiger partial charge < -0.3 is 9.84 Å². The van der Waals surface area contributed by atoms with Crippen molar-refractivity contribution in [1.29, 1.82) is 0 Å². The third-order valence-corrected chi connectivity index (χ3v) is 1.86. The maximum Gasteiger partial charge on any atom is 0.0679 e. The summed E-state index contributed by atoms with van der Waals surface area (Å²) in [5.41, 5.74) is 0. The smallest absolute Gasteiger partial charge is 0.0679 e. The molecule has 1 atom stereocenters. The molecule has 0 unspecified atom stereocenters. The highest BCUT2D eigenvalue weighted by molar-refractivity contribution is 4.73. The molecule has 0 aromatic carbocycles. The average molecular weight is 145 g/mol. The van der Waals surface area contributed by atoms with Crippen LogP contribution in [0.15, 0.2) is 0 Å². The van der Waals surface area contributed by atoms with Gasteiger partial charge >= 0.3 is 0 Å². The van der Waals surface area contributed by atoms with Crippen molar-refractivity contribution in [2.75, 3.05) is 33.4 Å². The number of rotatable bonds is 3. The summed E-state index contributed by atoms with van der Waals surface area (Å²) >= 11 is 0. The van der Waals surface area contributed by atoms with E-state index in [0.717, 1.165) is 32.7 Å². The molecular weight excluding hydrogens is 130 g/mol. The molecule has 60 valence electrons. The Morgan fingerprint density at radius 1 is 1.70 bits per heavy atom. The Morgan fingerprint density at radius 3 is 3.00 bits per heavy atom. The number of hydrogen-bond donors (Lipinski definition) is 1. The quantitative estimate of drug-likeness (QED) is 0.592. The number of hydrogen-bond acceptors (Lipinski definition) is 3. The first-order valence-corrected chi connectivity index (χ1v) is 3.72. The molecule has 0 bridgehead atoms. The van der Waals surface area contributed by atoms with Gasteiger partial charge in [-0.2, -0.15) is 0 Å². The molecule has 1 aliphatic heterocycles. The van der Waals surface area contributed by atoms with Crippen molar-refractivity contribution >= 4 is 0 Å². The number of ether oxygens (including phenoxy) is 1. The molecule has 0 amide bonds. The fourth-order valence-corrected chi connectivity index (χ4v) is 1.24. The van der Waals surface area contributed by atoms with Crippen LogP contribution in [-0.2, 0) is 4.74 Å². The second kappa shape index (κ2) is 3.91. The van der Waals surface area contributed by atoms with Crippen molar-refractivity contribution in [1.82, 2.24) is 4.90 Å². The monoisotopic (exact) mass is 145 g/mol. The molecule has 0 saturated carbocycles. The second-order valence-electron chi connectivity index (χ2n) is 2.74. The highest BCUT2D eigenvalue weighted by Gasteiger charge is 2.18. The van der Waals surface area contributed by atoms with Gasteiger partial charge in [0, 0.05) is 26.7 Å². The molecule has 1 heterocycles. The van der Waals surface area contributed by atoms with Gasteiger partial charge in [-0.3, -0.25) is 4.90 Å². The first-order valence-electron chi connectivity index (χ1n) is 3.72. The largest absolute Gasteiger partial charge is 0.392 e. The zero-order chi connectivity index (χ0) is 7.40. The summed E-state index contributed by atoms with van der Waals surface area (Å²) in [6.45, 7) is 3.56. The predicted octanol–water partition coefficient (Wildman–Crippen LogP) is -0.301. The molecule has 0 spiro atoms. The van der Waals surface area contributed by atoms with Crippen LogP contribution in [0.5, 0.6) is 0 Å². The maximum absolute atomic E-state index is 9.12. The third kappa shape index (κ3) is 2.25. The SMILES string of the molecule is COCCN1CC[C@@H](O)C1. The van der Waals surface area contributed by atoms with E-state index < -0.39 is 0 Å². The number of aliphatic hydroxyl groups excluding tert-OH is 1. The van der Waals surface area contributed by atoms with Crippen LogP contribution < -0.4 is 0 Å². The van der Waals surface area contributed by atoms with Crippen LogP contribution in [0.3, 0.4) is 0 Å². The molecule has 3 nitrogen and oxygen atoms in total. The van der Waals surface area contributed by atoms with E-state index in [2.05, 4.69) is 4.90 Å². The van der Waals surface area contributed by atoms with E-state index >= 15 is 0 Å². The van der Waals surface area contributed by atoms with Crippen molar-refractivity contribution < 1.29 is 9.84 Å². The summed E-state index contributed by atoms with van der Waals surface area (Å²) in [6, 6.07) is 0. The number of aliphatic hydroxyl groups is 1. The molecule has 1 fully saturated rings. The van der Waals surface area contributed by atoms with Crippen LogP contribution in [0.2, 0.25) is 0 Å². The Labute approximate surface area is 61.6 Å². The van der Waals surface area contributed by atoms with Crippen LogP contribution in [0.25, 0.3) is 0 Å². The Morgan fingerprint density at radius 2 is 2.50 bits per heavy atom. The summed E-state index contributed by atoms with van der Waals surface area (Å²) in [5, 5.41) is 9.12. The lowest BCUT2D eigenvalue weighted by Crippen LogP contribution is -2.25. The summed E-state index contributed by atoms with van der Waals surface area (Å²) in [6.07, 6.45) is 0.820. The van der Waals surface area contributed by atoms with Crippen LogP contribution in [0.4, 0.5) is 0 Å². The number of likely N-dealkylation sites (tertiary alicyclic amines) is 1. The van der Waals surface area contributed by atoms with Crippen LogP contribution in [0, 0.1) is 0 Å². The van der Waals surface area contributed by atoms with Gasteiger partial charge in [0.05, 0.1) is 12.7 Å². The van der Waals surface area contributed by atoms with E-state index in [-0.39, 0.29) is 6.10 Å². The number of β-amino-alcohol motifs (C(OH)–C–C–N with tert-alkyl or cyclic N) is 1.